The molecule has 2 heterocycles. The summed E-state index contributed by atoms with van der Waals surface area (Å²) in [6.45, 7) is 7.48. The van der Waals surface area contributed by atoms with Crippen LogP contribution in [0.1, 0.15) is 19.8 Å². The third-order valence-corrected chi connectivity index (χ3v) is 4.34. The Bertz CT molecular complexity index is 334. The maximum absolute atomic E-state index is 12.3. The predicted molar refractivity (Wildman–Crippen MR) is 95.6 cm³/mol. The number of β-amino-alcohol motifs (C(OH)–C–C–N with tert-alkyl or cyclic N) is 1. The lowest BCUT2D eigenvalue weighted by molar-refractivity contribution is -0.144. The molecule has 2 fully saturated rings. The minimum absolute atomic E-state index is 0. The number of aliphatic hydroxyl groups excluding tert-OH is 1. The van der Waals surface area contributed by atoms with Crippen molar-refractivity contribution < 1.29 is 14.6 Å². The second-order valence-corrected chi connectivity index (χ2v) is 6.38. The summed E-state index contributed by atoms with van der Waals surface area (Å²) >= 11 is 0. The molecule has 1 amide bonds. The Morgan fingerprint density at radius 3 is 2.57 bits per heavy atom. The molecule has 0 aromatic rings. The van der Waals surface area contributed by atoms with Gasteiger partial charge >= 0.3 is 0 Å². The van der Waals surface area contributed by atoms with E-state index in [1.807, 2.05) is 18.9 Å². The van der Waals surface area contributed by atoms with Crippen LogP contribution in [0.4, 0.5) is 0 Å². The van der Waals surface area contributed by atoms with Gasteiger partial charge in [-0.05, 0) is 38.8 Å². The summed E-state index contributed by atoms with van der Waals surface area (Å²) < 4.78 is 5.52. The van der Waals surface area contributed by atoms with Gasteiger partial charge in [-0.25, -0.2) is 0 Å². The van der Waals surface area contributed by atoms with Gasteiger partial charge < -0.3 is 25.0 Å². The number of carbonyl (C=O) groups excluding carboxylic acids is 1. The summed E-state index contributed by atoms with van der Waals surface area (Å²) in [5.41, 5.74) is 0. The van der Waals surface area contributed by atoms with Crippen LogP contribution in [0, 0.1) is 5.92 Å². The lowest BCUT2D eigenvalue weighted by atomic mass is 9.96. The number of carbonyl (C=O) groups is 1. The zero-order chi connectivity index (χ0) is 15.2. The van der Waals surface area contributed by atoms with Gasteiger partial charge in [0.15, 0.2) is 0 Å². The van der Waals surface area contributed by atoms with Crippen LogP contribution in [0.25, 0.3) is 0 Å². The molecule has 0 aromatic carbocycles. The normalized spacial score (nSPS) is 24.2. The van der Waals surface area contributed by atoms with Crippen molar-refractivity contribution in [1.82, 2.24) is 15.1 Å². The van der Waals surface area contributed by atoms with Gasteiger partial charge in [0.1, 0.15) is 6.10 Å². The molecule has 0 aromatic heterocycles. The van der Waals surface area contributed by atoms with Gasteiger partial charge in [0.25, 0.3) is 5.91 Å². The summed E-state index contributed by atoms with van der Waals surface area (Å²) in [7, 11) is 1.88. The van der Waals surface area contributed by atoms with E-state index in [4.69, 9.17) is 4.74 Å². The Balaban J connectivity index is 0.00000242. The average molecular weight is 372 g/mol. The van der Waals surface area contributed by atoms with Gasteiger partial charge in [0.05, 0.1) is 12.7 Å². The number of hydrogen-bond acceptors (Lipinski definition) is 5. The molecule has 0 saturated carbocycles. The Hall–Kier alpha value is -0.110. The molecule has 2 unspecified atom stereocenters. The van der Waals surface area contributed by atoms with Crippen LogP contribution in [0.5, 0.6) is 0 Å². The third-order valence-electron chi connectivity index (χ3n) is 4.34. The Kier molecular flexibility index (Phi) is 11.4. The molecule has 138 valence electrons. The lowest BCUT2D eigenvalue weighted by Crippen LogP contribution is -2.50. The number of rotatable bonds is 5. The van der Waals surface area contributed by atoms with Gasteiger partial charge in [-0.15, -0.1) is 24.8 Å². The number of nitrogens with one attached hydrogen (secondary N) is 1. The van der Waals surface area contributed by atoms with Crippen molar-refractivity contribution in [1.29, 1.82) is 0 Å². The van der Waals surface area contributed by atoms with Crippen molar-refractivity contribution in [2.24, 2.45) is 5.92 Å². The number of halogens is 2. The highest BCUT2D eigenvalue weighted by Crippen LogP contribution is 2.18. The third kappa shape index (κ3) is 7.54. The van der Waals surface area contributed by atoms with E-state index < -0.39 is 0 Å². The lowest BCUT2D eigenvalue weighted by Gasteiger charge is -2.35. The molecule has 0 bridgehead atoms. The second kappa shape index (κ2) is 11.4. The molecule has 23 heavy (non-hydrogen) atoms. The van der Waals surface area contributed by atoms with Crippen LogP contribution in [0.3, 0.4) is 0 Å². The summed E-state index contributed by atoms with van der Waals surface area (Å²) in [6, 6.07) is 0. The first kappa shape index (κ1) is 22.9. The summed E-state index contributed by atoms with van der Waals surface area (Å²) in [6.07, 6.45) is 1.60. The van der Waals surface area contributed by atoms with Gasteiger partial charge in [-0.3, -0.25) is 4.79 Å². The van der Waals surface area contributed by atoms with Gasteiger partial charge in [-0.2, -0.15) is 0 Å². The van der Waals surface area contributed by atoms with Crippen LogP contribution in [-0.4, -0.2) is 85.9 Å². The fourth-order valence-electron chi connectivity index (χ4n) is 3.17. The molecule has 2 atom stereocenters. The van der Waals surface area contributed by atoms with Crippen LogP contribution >= 0.6 is 24.8 Å². The van der Waals surface area contributed by atoms with E-state index in [9.17, 15) is 9.90 Å². The number of nitrogens with zero attached hydrogens (tertiary/aromatic N) is 2. The van der Waals surface area contributed by atoms with Crippen molar-refractivity contribution in [2.45, 2.75) is 32.0 Å². The summed E-state index contributed by atoms with van der Waals surface area (Å²) in [5, 5.41) is 12.6. The van der Waals surface area contributed by atoms with Crippen LogP contribution in [0.2, 0.25) is 0 Å². The molecule has 2 N–H and O–H groups in total. The fourth-order valence-corrected chi connectivity index (χ4v) is 3.17. The van der Waals surface area contributed by atoms with Crippen molar-refractivity contribution >= 4 is 30.7 Å². The van der Waals surface area contributed by atoms with Crippen molar-refractivity contribution in [3.05, 3.63) is 0 Å². The number of ether oxygens (including phenoxy) is 1. The van der Waals surface area contributed by atoms with E-state index in [1.165, 1.54) is 0 Å². The first-order valence-corrected chi connectivity index (χ1v) is 8.04. The summed E-state index contributed by atoms with van der Waals surface area (Å²) in [4.78, 5) is 16.4. The molecule has 6 nitrogen and oxygen atoms in total. The fraction of sp³-hybridized carbons (Fsp3) is 0.933. The van der Waals surface area contributed by atoms with Gasteiger partial charge in [-0.1, -0.05) is 0 Å². The Morgan fingerprint density at radius 1 is 1.39 bits per heavy atom. The van der Waals surface area contributed by atoms with Gasteiger partial charge in [0, 0.05) is 33.2 Å². The highest BCUT2D eigenvalue weighted by atomic mass is 35.5. The molecule has 2 rings (SSSR count). The number of piperidine rings is 1. The van der Waals surface area contributed by atoms with Crippen LogP contribution in [0.15, 0.2) is 0 Å². The number of aliphatic hydroxyl groups is 1. The number of likely N-dealkylation sites (N-methyl/N-ethyl adjacent to an activating group) is 1. The van der Waals surface area contributed by atoms with Crippen molar-refractivity contribution in [2.75, 3.05) is 52.9 Å². The highest BCUT2D eigenvalue weighted by molar-refractivity contribution is 5.85. The largest absolute Gasteiger partial charge is 0.392 e. The molecular formula is C15H31Cl2N3O3. The molecule has 8 heteroatoms. The smallest absolute Gasteiger partial charge is 0.252 e. The zero-order valence-corrected chi connectivity index (χ0v) is 15.7. The highest BCUT2D eigenvalue weighted by Gasteiger charge is 2.27. The van der Waals surface area contributed by atoms with E-state index in [0.29, 0.717) is 19.1 Å². The maximum atomic E-state index is 12.3. The minimum atomic E-state index is -0.320. The van der Waals surface area contributed by atoms with E-state index in [0.717, 1.165) is 45.6 Å². The van der Waals surface area contributed by atoms with E-state index in [2.05, 4.69) is 10.2 Å². The number of amides is 1. The van der Waals surface area contributed by atoms with E-state index in [1.54, 1.807) is 0 Å². The minimum Gasteiger partial charge on any atom is -0.392 e. The Morgan fingerprint density at radius 2 is 2.04 bits per heavy atom. The topological polar surface area (TPSA) is 65.0 Å². The quantitative estimate of drug-likeness (QED) is 0.730. The van der Waals surface area contributed by atoms with E-state index >= 15 is 0 Å². The molecule has 0 spiro atoms. The van der Waals surface area contributed by atoms with Crippen molar-refractivity contribution in [3.63, 3.8) is 0 Å². The van der Waals surface area contributed by atoms with Crippen LogP contribution in [-0.2, 0) is 9.53 Å². The monoisotopic (exact) mass is 371 g/mol. The van der Waals surface area contributed by atoms with Crippen LogP contribution < -0.4 is 5.32 Å². The molecule has 2 aliphatic rings. The van der Waals surface area contributed by atoms with Crippen molar-refractivity contribution in [3.8, 4) is 0 Å². The number of likely N-dealkylation sites (tertiary alicyclic amines) is 1. The summed E-state index contributed by atoms with van der Waals surface area (Å²) in [5.74, 6) is 0.648. The standard InChI is InChI=1S/C15H29N3O3.2ClH/c1-12(19)10-18-6-3-13(4-7-18)11-17(2)15(20)14-9-16-5-8-21-14;;/h12-14,16,19H,3-11H2,1-2H3;2*1H. The first-order valence-electron chi connectivity index (χ1n) is 8.04. The number of morpholine rings is 1. The predicted octanol–water partition coefficient (Wildman–Crippen LogP) is 0.370. The first-order chi connectivity index (χ1) is 10.1. The maximum Gasteiger partial charge on any atom is 0.252 e. The molecule has 0 radical (unpaired) electrons. The van der Waals surface area contributed by atoms with Gasteiger partial charge in [0.2, 0.25) is 0 Å². The molecule has 0 aliphatic carbocycles. The number of hydrogen-bond donors (Lipinski definition) is 2. The molecular weight excluding hydrogens is 341 g/mol. The average Bonchev–Trinajstić information content (AvgIpc) is 2.49. The SMILES string of the molecule is CC(O)CN1CCC(CN(C)C(=O)C2CNCCO2)CC1.Cl.Cl. The molecule has 2 saturated heterocycles. The Labute approximate surface area is 151 Å². The second-order valence-electron chi connectivity index (χ2n) is 6.38. The zero-order valence-electron chi connectivity index (χ0n) is 14.1. The van der Waals surface area contributed by atoms with E-state index in [-0.39, 0.29) is 42.9 Å². The molecule has 2 aliphatic heterocycles.